The molecule has 0 aromatic heterocycles. The lowest BCUT2D eigenvalue weighted by molar-refractivity contribution is -0.137. The summed E-state index contributed by atoms with van der Waals surface area (Å²) >= 11 is 0. The number of aliphatic carboxylic acids is 1. The van der Waals surface area contributed by atoms with Gasteiger partial charge in [-0.2, -0.15) is 0 Å². The van der Waals surface area contributed by atoms with Crippen LogP contribution in [-0.2, 0) is 4.79 Å². The molecule has 1 aliphatic rings. The van der Waals surface area contributed by atoms with E-state index in [9.17, 15) is 14.4 Å². The van der Waals surface area contributed by atoms with Crippen LogP contribution >= 0.6 is 0 Å². The SMILES string of the molecule is CC(CC(=O)O)N1C(=O)c2ccccc2C1=O. The molecule has 2 rings (SSSR count). The summed E-state index contributed by atoms with van der Waals surface area (Å²) in [4.78, 5) is 35.5. The van der Waals surface area contributed by atoms with Gasteiger partial charge in [-0.15, -0.1) is 0 Å². The van der Waals surface area contributed by atoms with Gasteiger partial charge in [0.25, 0.3) is 11.8 Å². The number of imide groups is 1. The molecule has 0 fully saturated rings. The second-order valence-corrected chi connectivity index (χ2v) is 3.97. The lowest BCUT2D eigenvalue weighted by Crippen LogP contribution is -2.39. The van der Waals surface area contributed by atoms with Crippen LogP contribution in [0.4, 0.5) is 0 Å². The summed E-state index contributed by atoms with van der Waals surface area (Å²) in [6.07, 6.45) is -0.245. The van der Waals surface area contributed by atoms with Crippen LogP contribution in [0.3, 0.4) is 0 Å². The fraction of sp³-hybridized carbons (Fsp3) is 0.250. The Kier molecular flexibility index (Phi) is 2.67. The number of hydrogen-bond acceptors (Lipinski definition) is 3. The van der Waals surface area contributed by atoms with E-state index in [0.717, 1.165) is 4.90 Å². The van der Waals surface area contributed by atoms with E-state index in [1.54, 1.807) is 31.2 Å². The van der Waals surface area contributed by atoms with Gasteiger partial charge in [-0.05, 0) is 19.1 Å². The minimum Gasteiger partial charge on any atom is -0.481 e. The quantitative estimate of drug-likeness (QED) is 0.794. The topological polar surface area (TPSA) is 74.7 Å². The number of carboxylic acid groups (broad SMARTS) is 1. The van der Waals surface area contributed by atoms with Crippen molar-refractivity contribution in [1.82, 2.24) is 4.90 Å². The number of amides is 2. The number of nitrogens with zero attached hydrogens (tertiary/aromatic N) is 1. The minimum atomic E-state index is -1.03. The molecule has 1 N–H and O–H groups in total. The highest BCUT2D eigenvalue weighted by molar-refractivity contribution is 6.21. The average Bonchev–Trinajstić information content (AvgIpc) is 2.51. The Morgan fingerprint density at radius 2 is 1.71 bits per heavy atom. The Bertz CT molecular complexity index is 474. The van der Waals surface area contributed by atoms with Crippen molar-refractivity contribution in [3.8, 4) is 0 Å². The largest absolute Gasteiger partial charge is 0.481 e. The van der Waals surface area contributed by atoms with Crippen LogP contribution in [0.25, 0.3) is 0 Å². The first kappa shape index (κ1) is 11.3. The summed E-state index contributed by atoms with van der Waals surface area (Å²) in [5, 5.41) is 8.68. The number of carbonyl (C=O) groups excluding carboxylic acids is 2. The van der Waals surface area contributed by atoms with E-state index < -0.39 is 23.8 Å². The predicted molar refractivity (Wildman–Crippen MR) is 58.7 cm³/mol. The van der Waals surface area contributed by atoms with Crippen LogP contribution in [0.15, 0.2) is 24.3 Å². The number of carbonyl (C=O) groups is 3. The maximum absolute atomic E-state index is 11.9. The second kappa shape index (κ2) is 4.01. The first-order valence-electron chi connectivity index (χ1n) is 5.21. The van der Waals surface area contributed by atoms with E-state index in [2.05, 4.69) is 0 Å². The van der Waals surface area contributed by atoms with E-state index in [1.165, 1.54) is 0 Å². The van der Waals surface area contributed by atoms with Crippen molar-refractivity contribution in [3.63, 3.8) is 0 Å². The second-order valence-electron chi connectivity index (χ2n) is 3.97. The summed E-state index contributed by atoms with van der Waals surface area (Å²) in [5.74, 6) is -1.87. The van der Waals surface area contributed by atoms with Crippen molar-refractivity contribution in [2.45, 2.75) is 19.4 Å². The van der Waals surface area contributed by atoms with Gasteiger partial charge in [-0.1, -0.05) is 12.1 Å². The number of rotatable bonds is 3. The molecule has 1 aromatic rings. The molecule has 1 aromatic carbocycles. The zero-order chi connectivity index (χ0) is 12.6. The third-order valence-electron chi connectivity index (χ3n) is 2.74. The summed E-state index contributed by atoms with van der Waals surface area (Å²) < 4.78 is 0. The number of fused-ring (bicyclic) bond motifs is 1. The summed E-state index contributed by atoms with van der Waals surface area (Å²) in [6.45, 7) is 1.55. The van der Waals surface area contributed by atoms with Gasteiger partial charge >= 0.3 is 5.97 Å². The molecule has 0 radical (unpaired) electrons. The molecular weight excluding hydrogens is 222 g/mol. The smallest absolute Gasteiger partial charge is 0.305 e. The first-order chi connectivity index (χ1) is 8.02. The van der Waals surface area contributed by atoms with E-state index in [4.69, 9.17) is 5.11 Å². The Hall–Kier alpha value is -2.17. The molecule has 1 heterocycles. The zero-order valence-electron chi connectivity index (χ0n) is 9.21. The molecule has 0 bridgehead atoms. The van der Waals surface area contributed by atoms with Crippen molar-refractivity contribution in [2.24, 2.45) is 0 Å². The predicted octanol–water partition coefficient (Wildman–Crippen LogP) is 1.15. The maximum Gasteiger partial charge on any atom is 0.305 e. The molecule has 0 spiro atoms. The normalized spacial score (nSPS) is 15.9. The summed E-state index contributed by atoms with van der Waals surface area (Å²) in [5.41, 5.74) is 0.685. The molecule has 0 saturated carbocycles. The molecule has 88 valence electrons. The van der Waals surface area contributed by atoms with Gasteiger partial charge in [0.1, 0.15) is 0 Å². The van der Waals surface area contributed by atoms with Gasteiger partial charge in [0.2, 0.25) is 0 Å². The molecule has 5 nitrogen and oxygen atoms in total. The molecule has 5 heteroatoms. The molecule has 1 atom stereocenters. The molecule has 1 aliphatic heterocycles. The van der Waals surface area contributed by atoms with E-state index >= 15 is 0 Å². The summed E-state index contributed by atoms with van der Waals surface area (Å²) in [7, 11) is 0. The van der Waals surface area contributed by atoms with Gasteiger partial charge in [0, 0.05) is 6.04 Å². The van der Waals surface area contributed by atoms with Crippen molar-refractivity contribution in [1.29, 1.82) is 0 Å². The maximum atomic E-state index is 11.9. The molecule has 17 heavy (non-hydrogen) atoms. The number of benzene rings is 1. The Morgan fingerprint density at radius 3 is 2.12 bits per heavy atom. The minimum absolute atomic E-state index is 0.245. The monoisotopic (exact) mass is 233 g/mol. The van der Waals surface area contributed by atoms with Crippen LogP contribution in [-0.4, -0.2) is 33.8 Å². The molecule has 0 saturated heterocycles. The molecule has 1 unspecified atom stereocenters. The Balaban J connectivity index is 2.33. The van der Waals surface area contributed by atoms with E-state index in [-0.39, 0.29) is 6.42 Å². The zero-order valence-corrected chi connectivity index (χ0v) is 9.21. The van der Waals surface area contributed by atoms with Crippen LogP contribution < -0.4 is 0 Å². The van der Waals surface area contributed by atoms with Gasteiger partial charge in [0.05, 0.1) is 17.5 Å². The van der Waals surface area contributed by atoms with E-state index in [0.29, 0.717) is 11.1 Å². The third kappa shape index (κ3) is 1.80. The van der Waals surface area contributed by atoms with Crippen molar-refractivity contribution in [3.05, 3.63) is 35.4 Å². The van der Waals surface area contributed by atoms with Crippen LogP contribution in [0.2, 0.25) is 0 Å². The Labute approximate surface area is 97.7 Å². The van der Waals surface area contributed by atoms with Crippen molar-refractivity contribution in [2.75, 3.05) is 0 Å². The molecule has 2 amide bonds. The fourth-order valence-electron chi connectivity index (χ4n) is 1.95. The number of carboxylic acids is 1. The van der Waals surface area contributed by atoms with Gasteiger partial charge in [-0.3, -0.25) is 19.3 Å². The lowest BCUT2D eigenvalue weighted by Gasteiger charge is -2.20. The van der Waals surface area contributed by atoms with Crippen LogP contribution in [0.1, 0.15) is 34.1 Å². The highest BCUT2D eigenvalue weighted by Crippen LogP contribution is 2.25. The lowest BCUT2D eigenvalue weighted by atomic mass is 10.1. The Morgan fingerprint density at radius 1 is 1.24 bits per heavy atom. The molecular formula is C12H11NO4. The fourth-order valence-corrected chi connectivity index (χ4v) is 1.95. The van der Waals surface area contributed by atoms with Gasteiger partial charge < -0.3 is 5.11 Å². The van der Waals surface area contributed by atoms with Gasteiger partial charge in [-0.25, -0.2) is 0 Å². The van der Waals surface area contributed by atoms with Crippen LogP contribution in [0.5, 0.6) is 0 Å². The first-order valence-corrected chi connectivity index (χ1v) is 5.21. The van der Waals surface area contributed by atoms with E-state index in [1.807, 2.05) is 0 Å². The standard InChI is InChI=1S/C12H11NO4/c1-7(6-10(14)15)13-11(16)8-4-2-3-5-9(8)12(13)17/h2-5,7H,6H2,1H3,(H,14,15). The average molecular weight is 233 g/mol. The van der Waals surface area contributed by atoms with Crippen molar-refractivity contribution >= 4 is 17.8 Å². The number of hydrogen-bond donors (Lipinski definition) is 1. The highest BCUT2D eigenvalue weighted by atomic mass is 16.4. The van der Waals surface area contributed by atoms with Gasteiger partial charge in [0.15, 0.2) is 0 Å². The van der Waals surface area contributed by atoms with Crippen molar-refractivity contribution < 1.29 is 19.5 Å². The summed E-state index contributed by atoms with van der Waals surface area (Å²) in [6, 6.07) is 5.86. The third-order valence-corrected chi connectivity index (χ3v) is 2.74. The highest BCUT2D eigenvalue weighted by Gasteiger charge is 2.38. The van der Waals surface area contributed by atoms with Crippen LogP contribution in [0, 0.1) is 0 Å². The molecule has 0 aliphatic carbocycles.